The molecule has 0 aliphatic heterocycles. The topological polar surface area (TPSA) is 93.7 Å². The Morgan fingerprint density at radius 2 is 1.39 bits per heavy atom. The third-order valence-electron chi connectivity index (χ3n) is 3.81. The molecule has 7 heteroatoms. The Bertz CT molecular complexity index is 765. The van der Waals surface area contributed by atoms with Crippen LogP contribution in [0, 0.1) is 0 Å². The van der Waals surface area contributed by atoms with E-state index in [1.807, 2.05) is 60.7 Å². The molecule has 0 heterocycles. The predicted molar refractivity (Wildman–Crippen MR) is 103 cm³/mol. The monoisotopic (exact) mass is 384 g/mol. The molecule has 0 bridgehead atoms. The largest absolute Gasteiger partial charge is 0.461 e. The molecule has 2 N–H and O–H groups in total. The Morgan fingerprint density at radius 1 is 0.857 bits per heavy atom. The Hall–Kier alpha value is -3.35. The van der Waals surface area contributed by atoms with E-state index in [1.165, 1.54) is 6.92 Å². The van der Waals surface area contributed by atoms with Crippen molar-refractivity contribution < 1.29 is 23.9 Å². The number of carbonyl (C=O) groups excluding carboxylic acids is 3. The van der Waals surface area contributed by atoms with Gasteiger partial charge in [0.25, 0.3) is 0 Å². The number of nitrogens with one attached hydrogen (secondary N) is 2. The Kier molecular flexibility index (Phi) is 8.52. The lowest BCUT2D eigenvalue weighted by Crippen LogP contribution is -2.45. The molecule has 2 aromatic rings. The molecule has 0 fully saturated rings. The maximum atomic E-state index is 12.0. The van der Waals surface area contributed by atoms with Gasteiger partial charge in [-0.25, -0.2) is 4.79 Å². The molecule has 28 heavy (non-hydrogen) atoms. The fourth-order valence-corrected chi connectivity index (χ4v) is 2.26. The smallest absolute Gasteiger partial charge is 0.408 e. The van der Waals surface area contributed by atoms with Crippen molar-refractivity contribution >= 4 is 18.0 Å². The van der Waals surface area contributed by atoms with Gasteiger partial charge in [0.05, 0.1) is 6.42 Å². The lowest BCUT2D eigenvalue weighted by molar-refractivity contribution is -0.144. The summed E-state index contributed by atoms with van der Waals surface area (Å²) in [5.74, 6) is -0.820. The Balaban J connectivity index is 1.59. The number of ether oxygens (including phenoxy) is 2. The van der Waals surface area contributed by atoms with Gasteiger partial charge in [0, 0.05) is 6.54 Å². The van der Waals surface area contributed by atoms with E-state index < -0.39 is 24.0 Å². The average molecular weight is 384 g/mol. The van der Waals surface area contributed by atoms with Gasteiger partial charge < -0.3 is 20.1 Å². The summed E-state index contributed by atoms with van der Waals surface area (Å²) in [7, 11) is 0. The summed E-state index contributed by atoms with van der Waals surface area (Å²) in [4.78, 5) is 35.4. The minimum absolute atomic E-state index is 0.0454. The lowest BCUT2D eigenvalue weighted by Gasteiger charge is -2.14. The first-order valence-corrected chi connectivity index (χ1v) is 8.99. The van der Waals surface area contributed by atoms with E-state index in [2.05, 4.69) is 10.6 Å². The van der Waals surface area contributed by atoms with Crippen LogP contribution in [0.1, 0.15) is 24.5 Å². The van der Waals surface area contributed by atoms with E-state index in [-0.39, 0.29) is 26.2 Å². The van der Waals surface area contributed by atoms with Crippen LogP contribution in [0.3, 0.4) is 0 Å². The van der Waals surface area contributed by atoms with Crippen molar-refractivity contribution in [3.8, 4) is 0 Å². The molecule has 0 aliphatic rings. The van der Waals surface area contributed by atoms with Crippen molar-refractivity contribution in [2.45, 2.75) is 32.6 Å². The number of benzene rings is 2. The molecule has 0 radical (unpaired) electrons. The number of rotatable bonds is 9. The molecule has 1 unspecified atom stereocenters. The van der Waals surface area contributed by atoms with E-state index in [4.69, 9.17) is 9.47 Å². The van der Waals surface area contributed by atoms with Crippen LogP contribution < -0.4 is 10.6 Å². The maximum Gasteiger partial charge on any atom is 0.408 e. The molecule has 148 valence electrons. The zero-order chi connectivity index (χ0) is 20.2. The van der Waals surface area contributed by atoms with Gasteiger partial charge in [-0.2, -0.15) is 0 Å². The van der Waals surface area contributed by atoms with E-state index in [9.17, 15) is 14.4 Å². The van der Waals surface area contributed by atoms with E-state index in [1.54, 1.807) is 0 Å². The molecule has 0 spiro atoms. The summed E-state index contributed by atoms with van der Waals surface area (Å²) in [5, 5.41) is 5.03. The molecule has 0 aliphatic carbocycles. The van der Waals surface area contributed by atoms with E-state index in [0.717, 1.165) is 11.1 Å². The van der Waals surface area contributed by atoms with Crippen molar-refractivity contribution in [1.82, 2.24) is 10.6 Å². The number of alkyl carbamates (subject to hydrolysis) is 1. The Labute approximate surface area is 164 Å². The first kappa shape index (κ1) is 21.0. The summed E-state index contributed by atoms with van der Waals surface area (Å²) in [6, 6.07) is 17.8. The maximum absolute atomic E-state index is 12.0. The molecular weight excluding hydrogens is 360 g/mol. The molecular formula is C21H24N2O5. The van der Waals surface area contributed by atoms with Crippen molar-refractivity contribution in [3.05, 3.63) is 71.8 Å². The van der Waals surface area contributed by atoms with Crippen molar-refractivity contribution in [2.75, 3.05) is 6.54 Å². The number of hydrogen-bond acceptors (Lipinski definition) is 5. The average Bonchev–Trinajstić information content (AvgIpc) is 2.72. The summed E-state index contributed by atoms with van der Waals surface area (Å²) < 4.78 is 10.2. The van der Waals surface area contributed by atoms with Gasteiger partial charge in [-0.15, -0.1) is 0 Å². The minimum Gasteiger partial charge on any atom is -0.461 e. The Morgan fingerprint density at radius 3 is 1.96 bits per heavy atom. The molecule has 0 saturated carbocycles. The minimum atomic E-state index is -0.788. The number of esters is 1. The van der Waals surface area contributed by atoms with Gasteiger partial charge in [-0.3, -0.25) is 9.59 Å². The quantitative estimate of drug-likeness (QED) is 0.648. The fraction of sp³-hybridized carbons (Fsp3) is 0.286. The SMILES string of the molecule is CC(NC(=O)OCc1ccccc1)C(=O)NCCC(=O)OCc1ccccc1. The molecule has 2 rings (SSSR count). The number of hydrogen-bond donors (Lipinski definition) is 2. The van der Waals surface area contributed by atoms with Crippen molar-refractivity contribution in [3.63, 3.8) is 0 Å². The number of carbonyl (C=O) groups is 3. The van der Waals surface area contributed by atoms with Crippen LogP contribution in [0.2, 0.25) is 0 Å². The highest BCUT2D eigenvalue weighted by molar-refractivity contribution is 5.85. The second-order valence-electron chi connectivity index (χ2n) is 6.12. The number of amides is 2. The van der Waals surface area contributed by atoms with Crippen LogP contribution >= 0.6 is 0 Å². The zero-order valence-electron chi connectivity index (χ0n) is 15.7. The van der Waals surface area contributed by atoms with Crippen molar-refractivity contribution in [1.29, 1.82) is 0 Å². The predicted octanol–water partition coefficient (Wildman–Crippen LogP) is 2.55. The van der Waals surface area contributed by atoms with E-state index >= 15 is 0 Å². The summed E-state index contributed by atoms with van der Waals surface area (Å²) in [6.45, 7) is 1.97. The molecule has 7 nitrogen and oxygen atoms in total. The standard InChI is InChI=1S/C21H24N2O5/c1-16(23-21(26)28-15-18-10-6-3-7-11-18)20(25)22-13-12-19(24)27-14-17-8-4-2-5-9-17/h2-11,16H,12-15H2,1H3,(H,22,25)(H,23,26). The van der Waals surface area contributed by atoms with Gasteiger partial charge in [-0.1, -0.05) is 60.7 Å². The molecule has 2 aromatic carbocycles. The lowest BCUT2D eigenvalue weighted by atomic mass is 10.2. The molecule has 0 saturated heterocycles. The summed E-state index contributed by atoms with van der Waals surface area (Å²) >= 11 is 0. The highest BCUT2D eigenvalue weighted by atomic mass is 16.5. The fourth-order valence-electron chi connectivity index (χ4n) is 2.26. The second kappa shape index (κ2) is 11.4. The van der Waals surface area contributed by atoms with Crippen molar-refractivity contribution in [2.24, 2.45) is 0 Å². The van der Waals surface area contributed by atoms with Gasteiger partial charge in [-0.05, 0) is 18.1 Å². The first-order valence-electron chi connectivity index (χ1n) is 8.99. The van der Waals surface area contributed by atoms with Crippen LogP contribution in [0.4, 0.5) is 4.79 Å². The highest BCUT2D eigenvalue weighted by Crippen LogP contribution is 2.02. The normalized spacial score (nSPS) is 11.2. The van der Waals surface area contributed by atoms with Gasteiger partial charge in [0.15, 0.2) is 0 Å². The van der Waals surface area contributed by atoms with Crippen LogP contribution in [0.15, 0.2) is 60.7 Å². The van der Waals surface area contributed by atoms with Gasteiger partial charge in [0.1, 0.15) is 19.3 Å². The second-order valence-corrected chi connectivity index (χ2v) is 6.12. The third kappa shape index (κ3) is 7.90. The molecule has 1 atom stereocenters. The first-order chi connectivity index (χ1) is 13.5. The zero-order valence-corrected chi connectivity index (χ0v) is 15.7. The molecule has 2 amide bonds. The van der Waals surface area contributed by atoms with E-state index in [0.29, 0.717) is 0 Å². The third-order valence-corrected chi connectivity index (χ3v) is 3.81. The van der Waals surface area contributed by atoms with Crippen LogP contribution in [0.5, 0.6) is 0 Å². The molecule has 0 aromatic heterocycles. The summed E-state index contributed by atoms with van der Waals surface area (Å²) in [6.07, 6.45) is -0.641. The van der Waals surface area contributed by atoms with Crippen LogP contribution in [-0.2, 0) is 32.3 Å². The highest BCUT2D eigenvalue weighted by Gasteiger charge is 2.16. The van der Waals surface area contributed by atoms with Gasteiger partial charge in [0.2, 0.25) is 5.91 Å². The van der Waals surface area contributed by atoms with Crippen LogP contribution in [0.25, 0.3) is 0 Å². The van der Waals surface area contributed by atoms with Crippen LogP contribution in [-0.4, -0.2) is 30.6 Å². The summed E-state index contributed by atoms with van der Waals surface area (Å²) in [5.41, 5.74) is 1.75. The van der Waals surface area contributed by atoms with Gasteiger partial charge >= 0.3 is 12.1 Å².